The van der Waals surface area contributed by atoms with Crippen LogP contribution in [0.4, 0.5) is 13.2 Å². The van der Waals surface area contributed by atoms with E-state index in [4.69, 9.17) is 9.47 Å². The van der Waals surface area contributed by atoms with Crippen molar-refractivity contribution in [2.75, 3.05) is 19.8 Å². The van der Waals surface area contributed by atoms with Gasteiger partial charge in [0.25, 0.3) is 0 Å². The topological polar surface area (TPSA) is 47.9 Å². The van der Waals surface area contributed by atoms with Crippen molar-refractivity contribution in [3.8, 4) is 11.5 Å². The Labute approximate surface area is 101 Å². The van der Waals surface area contributed by atoms with E-state index in [1.54, 1.807) is 12.1 Å². The van der Waals surface area contributed by atoms with Crippen LogP contribution in [-0.4, -0.2) is 31.3 Å². The van der Waals surface area contributed by atoms with Gasteiger partial charge in [-0.25, -0.2) is 0 Å². The van der Waals surface area contributed by atoms with Crippen molar-refractivity contribution in [3.63, 3.8) is 0 Å². The summed E-state index contributed by atoms with van der Waals surface area (Å²) in [5.74, 6) is 0.852. The molecule has 1 atom stereocenters. The smallest absolute Gasteiger partial charge is 0.491 e. The molecular weight excluding hydrogens is 253 g/mol. The second-order valence-corrected chi connectivity index (χ2v) is 3.67. The molecule has 18 heavy (non-hydrogen) atoms. The number of fused-ring (bicyclic) bond motifs is 1. The fraction of sp³-hybridized carbons (Fsp3) is 0.455. The van der Waals surface area contributed by atoms with Crippen molar-refractivity contribution < 1.29 is 32.5 Å². The lowest BCUT2D eigenvalue weighted by Gasteiger charge is -2.09. The summed E-state index contributed by atoms with van der Waals surface area (Å²) in [5, 5.41) is 9.47. The van der Waals surface area contributed by atoms with Crippen molar-refractivity contribution in [2.24, 2.45) is 0 Å². The van der Waals surface area contributed by atoms with Gasteiger partial charge in [0, 0.05) is 11.6 Å². The zero-order chi connectivity index (χ0) is 13.2. The van der Waals surface area contributed by atoms with Gasteiger partial charge < -0.3 is 14.6 Å². The summed E-state index contributed by atoms with van der Waals surface area (Å²) >= 11 is 0. The van der Waals surface area contributed by atoms with E-state index in [1.165, 1.54) is 6.07 Å². The summed E-state index contributed by atoms with van der Waals surface area (Å²) in [5.41, 5.74) is 0.647. The Kier molecular flexibility index (Phi) is 3.63. The highest BCUT2D eigenvalue weighted by atomic mass is 19.4. The molecule has 1 heterocycles. The molecule has 0 aromatic heterocycles. The number of aliphatic hydroxyl groups is 1. The summed E-state index contributed by atoms with van der Waals surface area (Å²) in [7, 11) is 0. The van der Waals surface area contributed by atoms with E-state index in [2.05, 4.69) is 4.74 Å². The maximum absolute atomic E-state index is 11.7. The van der Waals surface area contributed by atoms with Crippen molar-refractivity contribution in [3.05, 3.63) is 23.8 Å². The first-order valence-electron chi connectivity index (χ1n) is 5.24. The summed E-state index contributed by atoms with van der Waals surface area (Å²) in [4.78, 5) is 0. The van der Waals surface area contributed by atoms with E-state index in [0.29, 0.717) is 17.1 Å². The van der Waals surface area contributed by atoms with Crippen LogP contribution in [0.2, 0.25) is 0 Å². The summed E-state index contributed by atoms with van der Waals surface area (Å²) in [6.07, 6.45) is -5.31. The average molecular weight is 264 g/mol. The van der Waals surface area contributed by atoms with E-state index in [-0.39, 0.29) is 13.2 Å². The molecule has 0 amide bonds. The van der Waals surface area contributed by atoms with Gasteiger partial charge >= 0.3 is 6.36 Å². The largest absolute Gasteiger partial charge is 0.522 e. The molecule has 0 radical (unpaired) electrons. The highest BCUT2D eigenvalue weighted by Crippen LogP contribution is 2.34. The molecule has 0 aliphatic carbocycles. The Hall–Kier alpha value is -1.47. The minimum atomic E-state index is -4.64. The minimum Gasteiger partial charge on any atom is -0.491 e. The normalized spacial score (nSPS) is 18.3. The predicted octanol–water partition coefficient (Wildman–Crippen LogP) is 2.03. The van der Waals surface area contributed by atoms with E-state index < -0.39 is 19.1 Å². The molecule has 7 heteroatoms. The van der Waals surface area contributed by atoms with Crippen molar-refractivity contribution >= 4 is 0 Å². The Balaban J connectivity index is 1.84. The second-order valence-electron chi connectivity index (χ2n) is 3.67. The van der Waals surface area contributed by atoms with Crippen LogP contribution < -0.4 is 9.47 Å². The number of benzene rings is 1. The number of aliphatic hydroxyl groups excluding tert-OH is 1. The molecule has 2 rings (SSSR count). The number of halogens is 3. The lowest BCUT2D eigenvalue weighted by Crippen LogP contribution is -2.18. The third-order valence-corrected chi connectivity index (χ3v) is 2.36. The van der Waals surface area contributed by atoms with Crippen LogP contribution in [0.1, 0.15) is 11.7 Å². The predicted molar refractivity (Wildman–Crippen MR) is 54.4 cm³/mol. The Morgan fingerprint density at radius 3 is 2.83 bits per heavy atom. The van der Waals surface area contributed by atoms with Gasteiger partial charge in [0.2, 0.25) is 0 Å². The van der Waals surface area contributed by atoms with Gasteiger partial charge in [-0.15, -0.1) is 13.2 Å². The van der Waals surface area contributed by atoms with E-state index in [9.17, 15) is 18.3 Å². The van der Waals surface area contributed by atoms with Crippen LogP contribution in [0.3, 0.4) is 0 Å². The number of alkyl halides is 3. The van der Waals surface area contributed by atoms with Crippen LogP contribution in [0.15, 0.2) is 18.2 Å². The summed E-state index contributed by atoms with van der Waals surface area (Å²) in [6.45, 7) is -0.624. The molecule has 0 saturated heterocycles. The molecule has 4 nitrogen and oxygen atoms in total. The van der Waals surface area contributed by atoms with Gasteiger partial charge in [-0.1, -0.05) is 0 Å². The fourth-order valence-electron chi connectivity index (χ4n) is 1.58. The Morgan fingerprint density at radius 2 is 2.11 bits per heavy atom. The van der Waals surface area contributed by atoms with Gasteiger partial charge in [-0.2, -0.15) is 0 Å². The fourth-order valence-corrected chi connectivity index (χ4v) is 1.58. The van der Waals surface area contributed by atoms with Crippen molar-refractivity contribution in [1.82, 2.24) is 0 Å². The maximum atomic E-state index is 11.7. The van der Waals surface area contributed by atoms with Gasteiger partial charge in [-0.3, -0.25) is 4.74 Å². The first-order chi connectivity index (χ1) is 8.46. The molecule has 1 unspecified atom stereocenters. The zero-order valence-electron chi connectivity index (χ0n) is 9.24. The molecule has 0 fully saturated rings. The SMILES string of the molecule is OC1COc2cc(OCCOC(F)(F)F)ccc21. The van der Waals surface area contributed by atoms with Crippen LogP contribution in [-0.2, 0) is 4.74 Å². The monoisotopic (exact) mass is 264 g/mol. The molecular formula is C11H11F3O4. The second kappa shape index (κ2) is 5.03. The third kappa shape index (κ3) is 3.27. The van der Waals surface area contributed by atoms with Gasteiger partial charge in [0.05, 0.1) is 6.61 Å². The first kappa shape index (κ1) is 13.0. The molecule has 100 valence electrons. The highest BCUT2D eigenvalue weighted by Gasteiger charge is 2.28. The van der Waals surface area contributed by atoms with E-state index in [0.717, 1.165) is 0 Å². The Bertz CT molecular complexity index is 419. The molecule has 1 N–H and O–H groups in total. The molecule has 1 aromatic rings. The van der Waals surface area contributed by atoms with Crippen molar-refractivity contribution in [1.29, 1.82) is 0 Å². The van der Waals surface area contributed by atoms with E-state index in [1.807, 2.05) is 0 Å². The molecule has 1 aliphatic heterocycles. The molecule has 1 aliphatic rings. The van der Waals surface area contributed by atoms with Crippen LogP contribution in [0.25, 0.3) is 0 Å². The summed E-state index contributed by atoms with van der Waals surface area (Å²) < 4.78 is 48.8. The maximum Gasteiger partial charge on any atom is 0.522 e. The molecule has 0 bridgehead atoms. The van der Waals surface area contributed by atoms with Crippen LogP contribution in [0.5, 0.6) is 11.5 Å². The van der Waals surface area contributed by atoms with Gasteiger partial charge in [0.15, 0.2) is 0 Å². The quantitative estimate of drug-likeness (QED) is 0.845. The lowest BCUT2D eigenvalue weighted by atomic mass is 10.1. The standard InChI is InChI=1S/C11H11F3O4/c12-11(13,14)18-4-3-16-7-1-2-8-9(15)6-17-10(8)5-7/h1-2,5,9,15H,3-4,6H2. The van der Waals surface area contributed by atoms with E-state index >= 15 is 0 Å². The molecule has 0 saturated carbocycles. The molecule has 0 spiro atoms. The van der Waals surface area contributed by atoms with Gasteiger partial charge in [-0.05, 0) is 12.1 Å². The minimum absolute atomic E-state index is 0.177. The average Bonchev–Trinajstić information content (AvgIpc) is 2.65. The number of hydrogen-bond acceptors (Lipinski definition) is 4. The Morgan fingerprint density at radius 1 is 1.33 bits per heavy atom. The number of hydrogen-bond donors (Lipinski definition) is 1. The lowest BCUT2D eigenvalue weighted by molar-refractivity contribution is -0.325. The molecule has 1 aromatic carbocycles. The summed E-state index contributed by atoms with van der Waals surface area (Å²) in [6, 6.07) is 4.70. The van der Waals surface area contributed by atoms with Crippen LogP contribution in [0, 0.1) is 0 Å². The third-order valence-electron chi connectivity index (χ3n) is 2.36. The first-order valence-corrected chi connectivity index (χ1v) is 5.24. The zero-order valence-corrected chi connectivity index (χ0v) is 9.24. The van der Waals surface area contributed by atoms with Crippen molar-refractivity contribution in [2.45, 2.75) is 12.5 Å². The number of rotatable bonds is 4. The highest BCUT2D eigenvalue weighted by molar-refractivity contribution is 5.44. The van der Waals surface area contributed by atoms with Crippen LogP contribution >= 0.6 is 0 Å². The van der Waals surface area contributed by atoms with Gasteiger partial charge in [0.1, 0.15) is 30.8 Å². The number of ether oxygens (including phenoxy) is 3.